The van der Waals surface area contributed by atoms with Gasteiger partial charge in [-0.3, -0.25) is 0 Å². The number of benzene rings is 2. The predicted molar refractivity (Wildman–Crippen MR) is 99.9 cm³/mol. The molecule has 1 aliphatic carbocycles. The van der Waals surface area contributed by atoms with Crippen LogP contribution in [0.15, 0.2) is 48.8 Å². The first-order valence-electron chi connectivity index (χ1n) is 8.74. The zero-order valence-electron chi connectivity index (χ0n) is 14.3. The van der Waals surface area contributed by atoms with Gasteiger partial charge < -0.3 is 15.2 Å². The molecule has 0 aliphatic heterocycles. The smallest absolute Gasteiger partial charge is 0.319 e. The highest BCUT2D eigenvalue weighted by Crippen LogP contribution is 2.30. The molecule has 0 spiro atoms. The lowest BCUT2D eigenvalue weighted by Gasteiger charge is -2.25. The Bertz CT molecular complexity index is 915. The molecule has 0 radical (unpaired) electrons. The van der Waals surface area contributed by atoms with Crippen molar-refractivity contribution in [2.75, 3.05) is 11.9 Å². The average Bonchev–Trinajstić information content (AvgIpc) is 3.00. The summed E-state index contributed by atoms with van der Waals surface area (Å²) in [5, 5.41) is 5.93. The number of urea groups is 1. The lowest BCUT2D eigenvalue weighted by atomic mass is 9.83. The normalized spacial score (nSPS) is 16.4. The van der Waals surface area contributed by atoms with E-state index in [1.807, 2.05) is 29.8 Å². The minimum Gasteiger partial charge on any atom is -0.337 e. The topological polar surface area (TPSA) is 59.0 Å². The second-order valence-electron chi connectivity index (χ2n) is 6.68. The highest BCUT2D eigenvalue weighted by atomic mass is 16.2. The molecule has 1 aromatic heterocycles. The van der Waals surface area contributed by atoms with Crippen LogP contribution in [0.5, 0.6) is 0 Å². The van der Waals surface area contributed by atoms with Crippen molar-refractivity contribution in [3.05, 3.63) is 59.9 Å². The number of anilines is 1. The van der Waals surface area contributed by atoms with E-state index >= 15 is 0 Å². The molecule has 3 aromatic rings. The van der Waals surface area contributed by atoms with E-state index in [1.54, 1.807) is 6.33 Å². The minimum absolute atomic E-state index is 0.168. The number of imidazole rings is 1. The monoisotopic (exact) mass is 334 g/mol. The van der Waals surface area contributed by atoms with Gasteiger partial charge in [0.1, 0.15) is 0 Å². The van der Waals surface area contributed by atoms with Crippen molar-refractivity contribution in [3.63, 3.8) is 0 Å². The summed E-state index contributed by atoms with van der Waals surface area (Å²) < 4.78 is 1.96. The van der Waals surface area contributed by atoms with Gasteiger partial charge in [0, 0.05) is 25.2 Å². The van der Waals surface area contributed by atoms with Crippen molar-refractivity contribution in [2.24, 2.45) is 7.05 Å². The number of hydrogen-bond donors (Lipinski definition) is 2. The van der Waals surface area contributed by atoms with Gasteiger partial charge in [-0.1, -0.05) is 24.3 Å². The lowest BCUT2D eigenvalue weighted by molar-refractivity contribution is 0.251. The maximum atomic E-state index is 12.3. The highest BCUT2D eigenvalue weighted by Gasteiger charge is 2.20. The number of amides is 2. The standard InChI is InChI=1S/C20H22N4O/c1-24-13-22-18-11-16(9-10-19(18)24)23-20(25)21-12-15-7-4-6-14-5-2-3-8-17(14)15/h2-3,5,8-11,13,15H,4,6-7,12H2,1H3,(H2,21,23,25). The zero-order valence-corrected chi connectivity index (χ0v) is 14.3. The maximum absolute atomic E-state index is 12.3. The molecule has 25 heavy (non-hydrogen) atoms. The molecule has 1 atom stereocenters. The third-order valence-corrected chi connectivity index (χ3v) is 4.99. The minimum atomic E-state index is -0.168. The van der Waals surface area contributed by atoms with Crippen LogP contribution in [0.4, 0.5) is 10.5 Å². The van der Waals surface area contributed by atoms with Crippen LogP contribution in [-0.2, 0) is 13.5 Å². The van der Waals surface area contributed by atoms with Crippen LogP contribution in [0.1, 0.15) is 29.9 Å². The number of hydrogen-bond acceptors (Lipinski definition) is 2. The fraction of sp³-hybridized carbons (Fsp3) is 0.300. The van der Waals surface area contributed by atoms with Gasteiger partial charge in [-0.15, -0.1) is 0 Å². The molecule has 1 unspecified atom stereocenters. The summed E-state index contributed by atoms with van der Waals surface area (Å²) in [4.78, 5) is 16.6. The van der Waals surface area contributed by atoms with E-state index in [4.69, 9.17) is 0 Å². The quantitative estimate of drug-likeness (QED) is 0.765. The molecule has 2 amide bonds. The number of fused-ring (bicyclic) bond motifs is 2. The Morgan fingerprint density at radius 3 is 3.08 bits per heavy atom. The number of carbonyl (C=O) groups excluding carboxylic acids is 1. The molecule has 2 aromatic carbocycles. The second-order valence-corrected chi connectivity index (χ2v) is 6.68. The van der Waals surface area contributed by atoms with E-state index in [-0.39, 0.29) is 6.03 Å². The van der Waals surface area contributed by atoms with Gasteiger partial charge in [0.2, 0.25) is 0 Å². The molecule has 1 heterocycles. The van der Waals surface area contributed by atoms with E-state index in [0.29, 0.717) is 12.5 Å². The van der Waals surface area contributed by atoms with Crippen molar-refractivity contribution in [3.8, 4) is 0 Å². The van der Waals surface area contributed by atoms with Crippen molar-refractivity contribution in [1.82, 2.24) is 14.9 Å². The van der Waals surface area contributed by atoms with E-state index < -0.39 is 0 Å². The number of aryl methyl sites for hydroxylation is 2. The fourth-order valence-corrected chi connectivity index (χ4v) is 3.67. The van der Waals surface area contributed by atoms with Gasteiger partial charge in [-0.25, -0.2) is 9.78 Å². The van der Waals surface area contributed by atoms with Crippen LogP contribution in [0.3, 0.4) is 0 Å². The summed E-state index contributed by atoms with van der Waals surface area (Å²) in [5.41, 5.74) is 5.48. The molecular weight excluding hydrogens is 312 g/mol. The van der Waals surface area contributed by atoms with Gasteiger partial charge in [0.15, 0.2) is 0 Å². The SMILES string of the molecule is Cn1cnc2cc(NC(=O)NCC3CCCc4ccccc43)ccc21. The Balaban J connectivity index is 1.39. The van der Waals surface area contributed by atoms with Gasteiger partial charge in [0.25, 0.3) is 0 Å². The third kappa shape index (κ3) is 3.22. The van der Waals surface area contributed by atoms with Crippen LogP contribution < -0.4 is 10.6 Å². The first kappa shape index (κ1) is 15.7. The number of nitrogens with zero attached hydrogens (tertiary/aromatic N) is 2. The van der Waals surface area contributed by atoms with Gasteiger partial charge in [0.05, 0.1) is 17.4 Å². The van der Waals surface area contributed by atoms with Gasteiger partial charge >= 0.3 is 6.03 Å². The first-order chi connectivity index (χ1) is 12.2. The fourth-order valence-electron chi connectivity index (χ4n) is 3.67. The first-order valence-corrected chi connectivity index (χ1v) is 8.74. The summed E-state index contributed by atoms with van der Waals surface area (Å²) in [6.45, 7) is 0.661. The number of nitrogens with one attached hydrogen (secondary N) is 2. The molecule has 1 aliphatic rings. The second kappa shape index (κ2) is 6.59. The van der Waals surface area contributed by atoms with Gasteiger partial charge in [-0.05, 0) is 48.6 Å². The maximum Gasteiger partial charge on any atom is 0.319 e. The van der Waals surface area contributed by atoms with Crippen LogP contribution in [-0.4, -0.2) is 22.1 Å². The number of aromatic nitrogens is 2. The largest absolute Gasteiger partial charge is 0.337 e. The summed E-state index contributed by atoms with van der Waals surface area (Å²) in [6.07, 6.45) is 5.22. The Labute approximate surface area is 147 Å². The van der Waals surface area contributed by atoms with Crippen molar-refractivity contribution < 1.29 is 4.79 Å². The molecule has 0 fully saturated rings. The van der Waals surface area contributed by atoms with Gasteiger partial charge in [-0.2, -0.15) is 0 Å². The Kier molecular flexibility index (Phi) is 4.14. The Morgan fingerprint density at radius 2 is 2.16 bits per heavy atom. The van der Waals surface area contributed by atoms with E-state index in [1.165, 1.54) is 17.5 Å². The van der Waals surface area contributed by atoms with Crippen molar-refractivity contribution >= 4 is 22.8 Å². The molecule has 2 N–H and O–H groups in total. The van der Waals surface area contributed by atoms with Crippen LogP contribution in [0.2, 0.25) is 0 Å². The molecule has 5 nitrogen and oxygen atoms in total. The molecular formula is C20H22N4O. The van der Waals surface area contributed by atoms with E-state index in [0.717, 1.165) is 29.6 Å². The van der Waals surface area contributed by atoms with Crippen LogP contribution >= 0.6 is 0 Å². The predicted octanol–water partition coefficient (Wildman–Crippen LogP) is 3.81. The number of rotatable bonds is 3. The molecule has 0 saturated carbocycles. The number of carbonyl (C=O) groups is 1. The molecule has 0 bridgehead atoms. The van der Waals surface area contributed by atoms with Crippen LogP contribution in [0, 0.1) is 0 Å². The molecule has 4 rings (SSSR count). The van der Waals surface area contributed by atoms with Crippen LogP contribution in [0.25, 0.3) is 11.0 Å². The van der Waals surface area contributed by atoms with Crippen molar-refractivity contribution in [2.45, 2.75) is 25.2 Å². The highest BCUT2D eigenvalue weighted by molar-refractivity contribution is 5.91. The Morgan fingerprint density at radius 1 is 1.28 bits per heavy atom. The lowest BCUT2D eigenvalue weighted by Crippen LogP contribution is -2.33. The molecule has 0 saturated heterocycles. The average molecular weight is 334 g/mol. The van der Waals surface area contributed by atoms with Crippen molar-refractivity contribution in [1.29, 1.82) is 0 Å². The Hall–Kier alpha value is -2.82. The summed E-state index contributed by atoms with van der Waals surface area (Å²) in [5.74, 6) is 0.397. The summed E-state index contributed by atoms with van der Waals surface area (Å²) in [6, 6.07) is 14.2. The summed E-state index contributed by atoms with van der Waals surface area (Å²) in [7, 11) is 1.96. The molecule has 128 valence electrons. The summed E-state index contributed by atoms with van der Waals surface area (Å²) >= 11 is 0. The van der Waals surface area contributed by atoms with E-state index in [2.05, 4.69) is 39.9 Å². The third-order valence-electron chi connectivity index (χ3n) is 4.99. The van der Waals surface area contributed by atoms with E-state index in [9.17, 15) is 4.79 Å². The zero-order chi connectivity index (χ0) is 17.2. The molecule has 5 heteroatoms.